The lowest BCUT2D eigenvalue weighted by molar-refractivity contribution is -0.197. The molecule has 1 aromatic rings. The lowest BCUT2D eigenvalue weighted by Gasteiger charge is -2.53. The van der Waals surface area contributed by atoms with Crippen molar-refractivity contribution in [3.63, 3.8) is 0 Å². The Morgan fingerprint density at radius 1 is 1.19 bits per heavy atom. The predicted molar refractivity (Wildman–Crippen MR) is 96.5 cm³/mol. The number of fused-ring (bicyclic) bond motifs is 1. The van der Waals surface area contributed by atoms with E-state index < -0.39 is 12.2 Å². The van der Waals surface area contributed by atoms with Gasteiger partial charge < -0.3 is 9.80 Å². The maximum Gasteiger partial charge on any atom is 0.245 e. The van der Waals surface area contributed by atoms with Crippen LogP contribution in [-0.2, 0) is 20.9 Å². The Morgan fingerprint density at radius 2 is 1.88 bits per heavy atom. The van der Waals surface area contributed by atoms with Gasteiger partial charge in [-0.2, -0.15) is 0 Å². The number of hydrogen-bond acceptors (Lipinski definition) is 4. The normalized spacial score (nSPS) is 24.0. The Bertz CT molecular complexity index is 691. The molecular weight excluding hydrogens is 332 g/mol. The highest BCUT2D eigenvalue weighted by Crippen LogP contribution is 2.27. The van der Waals surface area contributed by atoms with E-state index in [-0.39, 0.29) is 18.4 Å². The summed E-state index contributed by atoms with van der Waals surface area (Å²) in [5, 5.41) is 3.15. The minimum atomic E-state index is -0.507. The van der Waals surface area contributed by atoms with Crippen molar-refractivity contribution >= 4 is 18.2 Å². The van der Waals surface area contributed by atoms with Gasteiger partial charge in [0.2, 0.25) is 18.2 Å². The van der Waals surface area contributed by atoms with Crippen LogP contribution < -0.4 is 0 Å². The number of benzene rings is 1. The molecule has 7 heteroatoms. The molecule has 2 atom stereocenters. The number of aryl methyl sites for hydroxylation is 1. The van der Waals surface area contributed by atoms with E-state index in [9.17, 15) is 14.4 Å². The van der Waals surface area contributed by atoms with Gasteiger partial charge in [0.25, 0.3) is 0 Å². The summed E-state index contributed by atoms with van der Waals surface area (Å²) in [5.74, 6) is -0.134. The summed E-state index contributed by atoms with van der Waals surface area (Å²) < 4.78 is 0. The number of hydrogen-bond donors (Lipinski definition) is 0. The Labute approximate surface area is 154 Å². The number of likely N-dealkylation sites (N-methyl/N-ethyl adjacent to an activating group) is 1. The average molecular weight is 358 g/mol. The molecule has 1 aromatic carbocycles. The Kier molecular flexibility index (Phi) is 5.27. The molecule has 140 valence electrons. The van der Waals surface area contributed by atoms with Crippen LogP contribution in [0.25, 0.3) is 0 Å². The largest absolute Gasteiger partial charge is 0.333 e. The molecule has 2 saturated heterocycles. The average Bonchev–Trinajstić information content (AvgIpc) is 2.60. The van der Waals surface area contributed by atoms with Gasteiger partial charge in [-0.05, 0) is 18.9 Å². The summed E-state index contributed by atoms with van der Waals surface area (Å²) in [6.07, 6.45) is 1.69. The number of carbonyl (C=O) groups is 3. The van der Waals surface area contributed by atoms with Crippen LogP contribution in [0.15, 0.2) is 24.3 Å². The van der Waals surface area contributed by atoms with Gasteiger partial charge in [-0.15, -0.1) is 0 Å². The smallest absolute Gasteiger partial charge is 0.245 e. The molecular formula is C19H26N4O3. The Balaban J connectivity index is 1.90. The zero-order valence-corrected chi connectivity index (χ0v) is 15.6. The third kappa shape index (κ3) is 3.31. The molecule has 0 saturated carbocycles. The predicted octanol–water partition coefficient (Wildman–Crippen LogP) is 0.979. The molecule has 0 aliphatic carbocycles. The van der Waals surface area contributed by atoms with Crippen LogP contribution in [0.2, 0.25) is 0 Å². The standard InChI is InChI=1S/C19H26N4O3/c1-4-5-16-19(26)21(10-15-8-6-14(2)7-9-15)11-17-22(13-24)20(3)12-18(25)23(16)17/h6-9,13,16-17H,4-5,10-12H2,1-3H3/t16-,17?/m0/s1. The van der Waals surface area contributed by atoms with E-state index in [1.54, 1.807) is 21.9 Å². The van der Waals surface area contributed by atoms with Crippen molar-refractivity contribution in [2.45, 2.75) is 45.4 Å². The van der Waals surface area contributed by atoms with Crippen LogP contribution in [0.1, 0.15) is 30.9 Å². The SMILES string of the molecule is CCC[C@H]1C(=O)N(Cc2ccc(C)cc2)CC2N1C(=O)CN(C)N2C=O. The van der Waals surface area contributed by atoms with Gasteiger partial charge in [0, 0.05) is 13.6 Å². The van der Waals surface area contributed by atoms with Crippen molar-refractivity contribution in [3.8, 4) is 0 Å². The highest BCUT2D eigenvalue weighted by molar-refractivity contribution is 5.90. The maximum absolute atomic E-state index is 13.1. The zero-order chi connectivity index (χ0) is 18.8. The van der Waals surface area contributed by atoms with Crippen LogP contribution in [-0.4, -0.2) is 70.4 Å². The molecule has 0 N–H and O–H groups in total. The summed E-state index contributed by atoms with van der Waals surface area (Å²) in [4.78, 5) is 40.7. The topological polar surface area (TPSA) is 64.2 Å². The second-order valence-corrected chi connectivity index (χ2v) is 7.09. The van der Waals surface area contributed by atoms with Gasteiger partial charge in [0.15, 0.2) is 0 Å². The van der Waals surface area contributed by atoms with Crippen LogP contribution in [0.3, 0.4) is 0 Å². The van der Waals surface area contributed by atoms with Gasteiger partial charge in [-0.1, -0.05) is 43.2 Å². The molecule has 2 aliphatic heterocycles. The first-order valence-electron chi connectivity index (χ1n) is 9.06. The molecule has 7 nitrogen and oxygen atoms in total. The van der Waals surface area contributed by atoms with Gasteiger partial charge >= 0.3 is 0 Å². The van der Waals surface area contributed by atoms with Crippen LogP contribution in [0.4, 0.5) is 0 Å². The Morgan fingerprint density at radius 3 is 2.50 bits per heavy atom. The van der Waals surface area contributed by atoms with Gasteiger partial charge in [-0.3, -0.25) is 19.4 Å². The van der Waals surface area contributed by atoms with E-state index >= 15 is 0 Å². The van der Waals surface area contributed by atoms with Gasteiger partial charge in [0.1, 0.15) is 12.2 Å². The number of rotatable bonds is 5. The molecule has 3 amide bonds. The van der Waals surface area contributed by atoms with Crippen molar-refractivity contribution in [1.82, 2.24) is 19.8 Å². The second-order valence-electron chi connectivity index (χ2n) is 7.09. The lowest BCUT2D eigenvalue weighted by Crippen LogP contribution is -2.73. The van der Waals surface area contributed by atoms with Crippen molar-refractivity contribution in [2.75, 3.05) is 20.1 Å². The van der Waals surface area contributed by atoms with Crippen molar-refractivity contribution in [3.05, 3.63) is 35.4 Å². The zero-order valence-electron chi connectivity index (χ0n) is 15.6. The van der Waals surface area contributed by atoms with Gasteiger partial charge in [-0.25, -0.2) is 5.01 Å². The minimum absolute atomic E-state index is 0.0348. The fraction of sp³-hybridized carbons (Fsp3) is 0.526. The summed E-state index contributed by atoms with van der Waals surface area (Å²) in [7, 11) is 1.72. The summed E-state index contributed by atoms with van der Waals surface area (Å²) in [6, 6.07) is 7.57. The van der Waals surface area contributed by atoms with E-state index in [1.807, 2.05) is 38.1 Å². The lowest BCUT2D eigenvalue weighted by atomic mass is 10.0. The van der Waals surface area contributed by atoms with E-state index in [0.717, 1.165) is 18.4 Å². The molecule has 3 rings (SSSR count). The fourth-order valence-electron chi connectivity index (χ4n) is 3.79. The number of nitrogens with zero attached hydrogens (tertiary/aromatic N) is 4. The first-order chi connectivity index (χ1) is 12.5. The number of piperazine rings is 1. The molecule has 26 heavy (non-hydrogen) atoms. The van der Waals surface area contributed by atoms with Crippen LogP contribution in [0, 0.1) is 6.92 Å². The molecule has 0 spiro atoms. The highest BCUT2D eigenvalue weighted by Gasteiger charge is 2.48. The number of hydrazine groups is 1. The molecule has 1 unspecified atom stereocenters. The molecule has 2 aliphatic rings. The van der Waals surface area contributed by atoms with Crippen molar-refractivity contribution < 1.29 is 14.4 Å². The highest BCUT2D eigenvalue weighted by atomic mass is 16.2. The van der Waals surface area contributed by atoms with Crippen molar-refractivity contribution in [1.29, 1.82) is 0 Å². The van der Waals surface area contributed by atoms with E-state index in [1.165, 1.54) is 10.6 Å². The molecule has 0 radical (unpaired) electrons. The quantitative estimate of drug-likeness (QED) is 0.736. The summed E-state index contributed by atoms with van der Waals surface area (Å²) in [5.41, 5.74) is 2.21. The van der Waals surface area contributed by atoms with Crippen molar-refractivity contribution in [2.24, 2.45) is 0 Å². The molecule has 2 fully saturated rings. The first kappa shape index (κ1) is 18.4. The third-order valence-corrected chi connectivity index (χ3v) is 5.15. The third-order valence-electron chi connectivity index (χ3n) is 5.15. The number of amides is 3. The van der Waals surface area contributed by atoms with Crippen LogP contribution in [0.5, 0.6) is 0 Å². The second kappa shape index (κ2) is 7.45. The van der Waals surface area contributed by atoms with Crippen LogP contribution >= 0.6 is 0 Å². The van der Waals surface area contributed by atoms with Gasteiger partial charge in [0.05, 0.1) is 13.1 Å². The first-order valence-corrected chi connectivity index (χ1v) is 9.06. The number of carbonyl (C=O) groups excluding carboxylic acids is 3. The molecule has 2 heterocycles. The fourth-order valence-corrected chi connectivity index (χ4v) is 3.79. The Hall–Kier alpha value is -2.41. The van der Waals surface area contributed by atoms with E-state index in [2.05, 4.69) is 0 Å². The monoisotopic (exact) mass is 358 g/mol. The maximum atomic E-state index is 13.1. The van der Waals surface area contributed by atoms with E-state index in [4.69, 9.17) is 0 Å². The molecule has 0 bridgehead atoms. The van der Waals surface area contributed by atoms with E-state index in [0.29, 0.717) is 19.5 Å². The molecule has 0 aromatic heterocycles. The minimum Gasteiger partial charge on any atom is -0.333 e. The summed E-state index contributed by atoms with van der Waals surface area (Å²) in [6.45, 7) is 4.94. The summed E-state index contributed by atoms with van der Waals surface area (Å²) >= 11 is 0.